The van der Waals surface area contributed by atoms with Gasteiger partial charge >= 0.3 is 5.97 Å². The quantitative estimate of drug-likeness (QED) is 0.305. The average Bonchev–Trinajstić information content (AvgIpc) is 3.34. The maximum atomic E-state index is 13.8. The Labute approximate surface area is 173 Å². The van der Waals surface area contributed by atoms with E-state index >= 15 is 0 Å². The molecule has 0 aliphatic rings. The number of fused-ring (bicyclic) bond motifs is 1. The van der Waals surface area contributed by atoms with Gasteiger partial charge in [0.05, 0.1) is 15.3 Å². The molecular weight excluding hydrogens is 417 g/mol. The number of hydrazone groups is 1. The van der Waals surface area contributed by atoms with Gasteiger partial charge in [-0.15, -0.1) is 0 Å². The van der Waals surface area contributed by atoms with Gasteiger partial charge in [0.1, 0.15) is 22.8 Å². The highest BCUT2D eigenvalue weighted by Gasteiger charge is 2.13. The number of rotatable bonds is 5. The molecule has 0 aliphatic heterocycles. The Balaban J connectivity index is 1.56. The van der Waals surface area contributed by atoms with Gasteiger partial charge in [-0.3, -0.25) is 5.43 Å². The summed E-state index contributed by atoms with van der Waals surface area (Å²) < 4.78 is 20.3. The maximum absolute atomic E-state index is 13.8. The van der Waals surface area contributed by atoms with Crippen LogP contribution in [0.5, 0.6) is 0 Å². The Kier molecular flexibility index (Phi) is 5.04. The minimum atomic E-state index is -1.11. The number of anilines is 1. The lowest BCUT2D eigenvalue weighted by Gasteiger charge is -2.02. The number of carboxylic acids is 1. The molecule has 0 saturated carbocycles. The van der Waals surface area contributed by atoms with Crippen molar-refractivity contribution in [3.63, 3.8) is 0 Å². The van der Waals surface area contributed by atoms with Crippen LogP contribution < -0.4 is 5.43 Å². The number of nitrogens with one attached hydrogen (secondary N) is 1. The van der Waals surface area contributed by atoms with Crippen molar-refractivity contribution >= 4 is 50.0 Å². The third kappa shape index (κ3) is 3.85. The van der Waals surface area contributed by atoms with E-state index in [1.807, 2.05) is 0 Å². The van der Waals surface area contributed by atoms with Crippen molar-refractivity contribution in [2.75, 3.05) is 5.43 Å². The van der Waals surface area contributed by atoms with Gasteiger partial charge in [-0.2, -0.15) is 5.10 Å². The third-order valence-corrected chi connectivity index (χ3v) is 5.39. The smallest absolute Gasteiger partial charge is 0.337 e. The fraction of sp³-hybridized carbons (Fsp3) is 0.0500. The number of aromatic carboxylic acids is 1. The van der Waals surface area contributed by atoms with Crippen LogP contribution >= 0.6 is 22.9 Å². The van der Waals surface area contributed by atoms with Gasteiger partial charge in [0, 0.05) is 5.56 Å². The number of thiazole rings is 1. The van der Waals surface area contributed by atoms with Crippen LogP contribution in [0.1, 0.15) is 23.0 Å². The van der Waals surface area contributed by atoms with E-state index < -0.39 is 5.97 Å². The first-order valence-corrected chi connectivity index (χ1v) is 9.60. The minimum absolute atomic E-state index is 0.00256. The molecule has 4 aromatic rings. The molecule has 0 fully saturated rings. The molecule has 146 valence electrons. The van der Waals surface area contributed by atoms with Gasteiger partial charge in [-0.05, 0) is 49.4 Å². The minimum Gasteiger partial charge on any atom is -0.478 e. The first kappa shape index (κ1) is 19.1. The van der Waals surface area contributed by atoms with E-state index in [9.17, 15) is 14.3 Å². The molecule has 2 N–H and O–H groups in total. The van der Waals surface area contributed by atoms with E-state index in [1.165, 1.54) is 29.5 Å². The van der Waals surface area contributed by atoms with Crippen LogP contribution in [0.4, 0.5) is 9.52 Å². The number of hydrogen-bond donors (Lipinski definition) is 2. The Morgan fingerprint density at radius 3 is 2.86 bits per heavy atom. The predicted molar refractivity (Wildman–Crippen MR) is 112 cm³/mol. The van der Waals surface area contributed by atoms with Crippen molar-refractivity contribution in [3.8, 4) is 11.3 Å². The first-order chi connectivity index (χ1) is 13.9. The zero-order valence-corrected chi connectivity index (χ0v) is 16.5. The van der Waals surface area contributed by atoms with Gasteiger partial charge in [0.15, 0.2) is 5.76 Å². The van der Waals surface area contributed by atoms with Crippen LogP contribution in [0.25, 0.3) is 21.5 Å². The summed E-state index contributed by atoms with van der Waals surface area (Å²) in [5.41, 5.74) is 4.24. The first-order valence-electron chi connectivity index (χ1n) is 8.41. The van der Waals surface area contributed by atoms with E-state index in [2.05, 4.69) is 15.5 Å². The number of hydrogen-bond acceptors (Lipinski definition) is 6. The second-order valence-electron chi connectivity index (χ2n) is 6.08. The summed E-state index contributed by atoms with van der Waals surface area (Å²) in [7, 11) is 0. The molecule has 0 atom stereocenters. The highest BCUT2D eigenvalue weighted by Crippen LogP contribution is 2.29. The number of carboxylic acid groups (broad SMARTS) is 1. The van der Waals surface area contributed by atoms with Crippen LogP contribution in [-0.4, -0.2) is 21.8 Å². The van der Waals surface area contributed by atoms with Crippen LogP contribution in [0.3, 0.4) is 0 Å². The van der Waals surface area contributed by atoms with Crippen LogP contribution in [-0.2, 0) is 0 Å². The second-order valence-corrected chi connectivity index (χ2v) is 7.52. The number of nitrogens with zero attached hydrogens (tertiary/aromatic N) is 2. The number of para-hydroxylation sites is 1. The molecule has 6 nitrogen and oxygen atoms in total. The molecule has 2 aromatic carbocycles. The lowest BCUT2D eigenvalue weighted by atomic mass is 10.1. The van der Waals surface area contributed by atoms with Gasteiger partial charge in [-0.1, -0.05) is 29.0 Å². The largest absolute Gasteiger partial charge is 0.478 e. The summed E-state index contributed by atoms with van der Waals surface area (Å²) in [6.07, 6.45) is 0. The van der Waals surface area contributed by atoms with E-state index in [-0.39, 0.29) is 16.4 Å². The molecule has 0 spiro atoms. The van der Waals surface area contributed by atoms with E-state index in [0.717, 1.165) is 4.70 Å². The molecule has 29 heavy (non-hydrogen) atoms. The number of halogens is 2. The molecule has 0 unspecified atom stereocenters. The summed E-state index contributed by atoms with van der Waals surface area (Å²) >= 11 is 7.19. The Hall–Kier alpha value is -3.23. The fourth-order valence-corrected chi connectivity index (χ4v) is 3.70. The summed E-state index contributed by atoms with van der Waals surface area (Å²) in [6.45, 7) is 1.74. The number of aromatic nitrogens is 1. The van der Waals surface area contributed by atoms with Crippen molar-refractivity contribution in [3.05, 3.63) is 70.7 Å². The van der Waals surface area contributed by atoms with Crippen LogP contribution in [0.2, 0.25) is 5.02 Å². The van der Waals surface area contributed by atoms with Gasteiger partial charge in [-0.25, -0.2) is 14.2 Å². The molecule has 0 aliphatic carbocycles. The molecule has 2 heterocycles. The van der Waals surface area contributed by atoms with Crippen molar-refractivity contribution < 1.29 is 18.7 Å². The highest BCUT2D eigenvalue weighted by molar-refractivity contribution is 7.22. The molecule has 0 saturated heterocycles. The molecule has 2 aromatic heterocycles. The zero-order valence-electron chi connectivity index (χ0n) is 14.9. The summed E-state index contributed by atoms with van der Waals surface area (Å²) in [5, 5.41) is 14.1. The van der Waals surface area contributed by atoms with E-state index in [4.69, 9.17) is 16.0 Å². The average molecular weight is 430 g/mol. The molecule has 0 amide bonds. The zero-order chi connectivity index (χ0) is 20.5. The summed E-state index contributed by atoms with van der Waals surface area (Å²) in [5.74, 6) is -0.521. The molecule has 9 heteroatoms. The van der Waals surface area contributed by atoms with Crippen LogP contribution in [0.15, 0.2) is 58.0 Å². The fourth-order valence-electron chi connectivity index (χ4n) is 2.68. The topological polar surface area (TPSA) is 87.7 Å². The SMILES string of the molecule is C/C(=N\Nc1nc2c(F)cccc2s1)c1ccc(-c2ccc(Cl)c(C(=O)O)c2)o1. The molecular formula is C20H13ClFN3O3S. The number of benzene rings is 2. The van der Waals surface area contributed by atoms with Crippen LogP contribution in [0, 0.1) is 5.82 Å². The highest BCUT2D eigenvalue weighted by atomic mass is 35.5. The second kappa shape index (κ2) is 7.65. The standard InChI is InChI=1S/C20H13ClFN3O3S/c1-10(24-25-20-23-18-14(22)3-2-4-17(18)29-20)15-7-8-16(28-15)11-5-6-13(21)12(9-11)19(26)27/h2-9H,1H3,(H,23,25)(H,26,27)/b24-10+. The third-order valence-electron chi connectivity index (χ3n) is 4.13. The van der Waals surface area contributed by atoms with Crippen molar-refractivity contribution in [2.45, 2.75) is 6.92 Å². The molecule has 0 bridgehead atoms. The van der Waals surface area contributed by atoms with E-state index in [0.29, 0.717) is 33.4 Å². The molecule has 0 radical (unpaired) electrons. The number of carbonyl (C=O) groups is 1. The van der Waals surface area contributed by atoms with Crippen molar-refractivity contribution in [2.24, 2.45) is 5.10 Å². The van der Waals surface area contributed by atoms with Crippen molar-refractivity contribution in [1.82, 2.24) is 4.98 Å². The lowest BCUT2D eigenvalue weighted by molar-refractivity contribution is 0.0697. The Morgan fingerprint density at radius 2 is 2.10 bits per heavy atom. The van der Waals surface area contributed by atoms with Gasteiger partial charge in [0.25, 0.3) is 0 Å². The Bertz CT molecular complexity index is 1270. The predicted octanol–water partition coefficient (Wildman–Crippen LogP) is 5.88. The van der Waals surface area contributed by atoms with Crippen molar-refractivity contribution in [1.29, 1.82) is 0 Å². The number of furan rings is 1. The van der Waals surface area contributed by atoms with Gasteiger partial charge < -0.3 is 9.52 Å². The Morgan fingerprint density at radius 1 is 1.28 bits per heavy atom. The molecule has 4 rings (SSSR count). The maximum Gasteiger partial charge on any atom is 0.337 e. The normalized spacial score (nSPS) is 11.8. The summed E-state index contributed by atoms with van der Waals surface area (Å²) in [6, 6.07) is 12.9. The monoisotopic (exact) mass is 429 g/mol. The lowest BCUT2D eigenvalue weighted by Crippen LogP contribution is -1.98. The van der Waals surface area contributed by atoms with E-state index in [1.54, 1.807) is 37.3 Å². The summed E-state index contributed by atoms with van der Waals surface area (Å²) in [4.78, 5) is 15.4. The van der Waals surface area contributed by atoms with Gasteiger partial charge in [0.2, 0.25) is 5.13 Å².